The summed E-state index contributed by atoms with van der Waals surface area (Å²) in [4.78, 5) is 16.1. The third kappa shape index (κ3) is 6.88. The van der Waals surface area contributed by atoms with E-state index in [1.807, 2.05) is 0 Å². The van der Waals surface area contributed by atoms with Crippen LogP contribution in [0, 0.1) is 0 Å². The molecule has 0 atom stereocenters. The summed E-state index contributed by atoms with van der Waals surface area (Å²) in [5, 5.41) is 14.1. The van der Waals surface area contributed by atoms with Gasteiger partial charge in [0, 0.05) is 16.3 Å². The predicted molar refractivity (Wildman–Crippen MR) is 115 cm³/mol. The molecule has 0 unspecified atom stereocenters. The van der Waals surface area contributed by atoms with Gasteiger partial charge in [0.1, 0.15) is 0 Å². The highest BCUT2D eigenvalue weighted by atomic mass is 35.5. The topological polar surface area (TPSA) is 95.1 Å². The molecule has 0 aliphatic rings. The average Bonchev–Trinajstić information content (AvgIpc) is 3.15. The second kappa shape index (κ2) is 10.0. The van der Waals surface area contributed by atoms with Crippen LogP contribution in [0.3, 0.4) is 0 Å². The highest BCUT2D eigenvalue weighted by Gasteiger charge is 2.30. The van der Waals surface area contributed by atoms with Gasteiger partial charge in [-0.25, -0.2) is 10.5 Å². The summed E-state index contributed by atoms with van der Waals surface area (Å²) in [5.41, 5.74) is 2.47. The highest BCUT2D eigenvalue weighted by molar-refractivity contribution is 7.99. The van der Waals surface area contributed by atoms with Gasteiger partial charge in [-0.2, -0.15) is 23.3 Å². The molecule has 0 fully saturated rings. The largest absolute Gasteiger partial charge is 0.416 e. The Balaban J connectivity index is 1.50. The molecule has 0 aliphatic heterocycles. The zero-order chi connectivity index (χ0) is 22.4. The van der Waals surface area contributed by atoms with Gasteiger partial charge < -0.3 is 5.32 Å². The van der Waals surface area contributed by atoms with Gasteiger partial charge in [0.15, 0.2) is 0 Å². The van der Waals surface area contributed by atoms with E-state index in [2.05, 4.69) is 31.0 Å². The molecule has 2 aromatic carbocycles. The molecule has 0 spiro atoms. The standard InChI is InChI=1S/C18H13Cl2F3N6OS/c19-12-5-4-10(14(20)7-12)8-24-27-16-26-17(29-28-16)31-9-15(30)25-13-3-1-2-11(6-13)18(21,22)23/h1-8H,9H2,(H,25,30)(H2,26,27,28,29)/b24-8-. The van der Waals surface area contributed by atoms with Gasteiger partial charge in [0.2, 0.25) is 17.0 Å². The van der Waals surface area contributed by atoms with E-state index in [0.29, 0.717) is 15.6 Å². The molecule has 1 aromatic heterocycles. The van der Waals surface area contributed by atoms with Crippen LogP contribution in [0.5, 0.6) is 0 Å². The number of H-pyrrole nitrogens is 1. The van der Waals surface area contributed by atoms with E-state index in [9.17, 15) is 18.0 Å². The van der Waals surface area contributed by atoms with E-state index in [4.69, 9.17) is 23.2 Å². The smallest absolute Gasteiger partial charge is 0.325 e. The van der Waals surface area contributed by atoms with Crippen molar-refractivity contribution >= 4 is 58.7 Å². The van der Waals surface area contributed by atoms with Crippen LogP contribution in [0.4, 0.5) is 24.8 Å². The first-order chi connectivity index (χ1) is 14.7. The van der Waals surface area contributed by atoms with Gasteiger partial charge in [-0.05, 0) is 30.3 Å². The number of hydrazone groups is 1. The van der Waals surface area contributed by atoms with Crippen molar-refractivity contribution in [1.29, 1.82) is 0 Å². The Kier molecular flexibility index (Phi) is 7.42. The first-order valence-electron chi connectivity index (χ1n) is 8.47. The Morgan fingerprint density at radius 1 is 1.23 bits per heavy atom. The summed E-state index contributed by atoms with van der Waals surface area (Å²) in [7, 11) is 0. The first kappa shape index (κ1) is 22.9. The number of benzene rings is 2. The van der Waals surface area contributed by atoms with Gasteiger partial charge in [-0.15, -0.1) is 5.10 Å². The normalized spacial score (nSPS) is 11.6. The Hall–Kier alpha value is -2.76. The summed E-state index contributed by atoms with van der Waals surface area (Å²) in [6, 6.07) is 9.33. The van der Waals surface area contributed by atoms with Crippen LogP contribution in [0.2, 0.25) is 10.0 Å². The lowest BCUT2D eigenvalue weighted by Crippen LogP contribution is -2.15. The van der Waals surface area contributed by atoms with E-state index >= 15 is 0 Å². The number of carbonyl (C=O) groups excluding carboxylic acids is 1. The van der Waals surface area contributed by atoms with Crippen molar-refractivity contribution in [3.8, 4) is 0 Å². The van der Waals surface area contributed by atoms with E-state index in [0.717, 1.165) is 23.9 Å². The average molecular weight is 489 g/mol. The van der Waals surface area contributed by atoms with Crippen molar-refractivity contribution in [2.24, 2.45) is 5.10 Å². The third-order valence-electron chi connectivity index (χ3n) is 3.61. The van der Waals surface area contributed by atoms with Crippen LogP contribution < -0.4 is 10.7 Å². The van der Waals surface area contributed by atoms with Crippen molar-refractivity contribution in [3.63, 3.8) is 0 Å². The molecular weight excluding hydrogens is 476 g/mol. The first-order valence-corrected chi connectivity index (χ1v) is 10.2. The molecule has 1 heterocycles. The quantitative estimate of drug-likeness (QED) is 0.238. The number of nitrogens with zero attached hydrogens (tertiary/aromatic N) is 3. The van der Waals surface area contributed by atoms with Gasteiger partial charge in [-0.3, -0.25) is 4.79 Å². The highest BCUT2D eigenvalue weighted by Crippen LogP contribution is 2.30. The van der Waals surface area contributed by atoms with Crippen molar-refractivity contribution < 1.29 is 18.0 Å². The molecule has 0 radical (unpaired) electrons. The van der Waals surface area contributed by atoms with Crippen LogP contribution in [-0.2, 0) is 11.0 Å². The lowest BCUT2D eigenvalue weighted by molar-refractivity contribution is -0.137. The zero-order valence-corrected chi connectivity index (χ0v) is 17.7. The second-order valence-corrected chi connectivity index (χ2v) is 7.70. The monoisotopic (exact) mass is 488 g/mol. The molecule has 0 aliphatic carbocycles. The third-order valence-corrected chi connectivity index (χ3v) is 5.02. The minimum atomic E-state index is -4.49. The van der Waals surface area contributed by atoms with E-state index in [1.165, 1.54) is 18.3 Å². The lowest BCUT2D eigenvalue weighted by Gasteiger charge is -2.09. The van der Waals surface area contributed by atoms with Crippen LogP contribution in [0.25, 0.3) is 0 Å². The maximum absolute atomic E-state index is 12.7. The fraction of sp³-hybridized carbons (Fsp3) is 0.111. The molecule has 3 aromatic rings. The van der Waals surface area contributed by atoms with Crippen LogP contribution >= 0.6 is 35.0 Å². The molecule has 162 valence electrons. The molecule has 7 nitrogen and oxygen atoms in total. The number of aromatic amines is 1. The van der Waals surface area contributed by atoms with E-state index in [1.54, 1.807) is 18.2 Å². The lowest BCUT2D eigenvalue weighted by atomic mass is 10.2. The van der Waals surface area contributed by atoms with Gasteiger partial charge in [0.25, 0.3) is 0 Å². The second-order valence-electron chi connectivity index (χ2n) is 5.92. The number of carbonyl (C=O) groups is 1. The molecule has 0 saturated carbocycles. The van der Waals surface area contributed by atoms with Crippen molar-refractivity contribution in [2.75, 3.05) is 16.5 Å². The maximum atomic E-state index is 12.7. The van der Waals surface area contributed by atoms with Gasteiger partial charge in [-0.1, -0.05) is 47.1 Å². The summed E-state index contributed by atoms with van der Waals surface area (Å²) < 4.78 is 38.2. The fourth-order valence-electron chi connectivity index (χ4n) is 2.23. The van der Waals surface area contributed by atoms with Gasteiger partial charge in [0.05, 0.1) is 22.6 Å². The summed E-state index contributed by atoms with van der Waals surface area (Å²) in [5.74, 6) is -0.377. The fourth-order valence-corrected chi connectivity index (χ4v) is 3.29. The summed E-state index contributed by atoms with van der Waals surface area (Å²) >= 11 is 12.9. The van der Waals surface area contributed by atoms with Crippen LogP contribution in [0.15, 0.2) is 52.7 Å². The molecule has 3 rings (SSSR count). The number of hydrogen-bond acceptors (Lipinski definition) is 6. The number of rotatable bonds is 7. The number of thioether (sulfide) groups is 1. The van der Waals surface area contributed by atoms with Crippen molar-refractivity contribution in [1.82, 2.24) is 15.2 Å². The number of alkyl halides is 3. The molecular formula is C18H13Cl2F3N6OS. The van der Waals surface area contributed by atoms with E-state index < -0.39 is 17.6 Å². The molecule has 31 heavy (non-hydrogen) atoms. The zero-order valence-electron chi connectivity index (χ0n) is 15.4. The summed E-state index contributed by atoms with van der Waals surface area (Å²) in [6.45, 7) is 0. The van der Waals surface area contributed by atoms with Crippen LogP contribution in [0.1, 0.15) is 11.1 Å². The van der Waals surface area contributed by atoms with Gasteiger partial charge >= 0.3 is 6.18 Å². The minimum absolute atomic E-state index is 0.0490. The maximum Gasteiger partial charge on any atom is 0.416 e. The molecule has 0 saturated heterocycles. The summed E-state index contributed by atoms with van der Waals surface area (Å²) in [6.07, 6.45) is -3.02. The Bertz CT molecular complexity index is 1110. The molecule has 13 heteroatoms. The SMILES string of the molecule is O=C(CSc1n[nH]c(N/N=C\c2ccc(Cl)cc2Cl)n1)Nc1cccc(C(F)(F)F)c1. The molecule has 1 amide bonds. The Morgan fingerprint density at radius 2 is 2.03 bits per heavy atom. The minimum Gasteiger partial charge on any atom is -0.325 e. The number of hydrogen-bond donors (Lipinski definition) is 3. The number of aromatic nitrogens is 3. The number of amides is 1. The molecule has 3 N–H and O–H groups in total. The molecule has 0 bridgehead atoms. The number of anilines is 2. The van der Waals surface area contributed by atoms with Crippen molar-refractivity contribution in [3.05, 3.63) is 63.6 Å². The number of halogens is 5. The number of nitrogens with one attached hydrogen (secondary N) is 3. The predicted octanol–water partition coefficient (Wildman–Crippen LogP) is 5.31. The van der Waals surface area contributed by atoms with Crippen molar-refractivity contribution in [2.45, 2.75) is 11.3 Å². The van der Waals surface area contributed by atoms with E-state index in [-0.39, 0.29) is 22.5 Å². The Morgan fingerprint density at radius 3 is 2.77 bits per heavy atom. The van der Waals surface area contributed by atoms with Crippen LogP contribution in [-0.4, -0.2) is 33.1 Å². The Labute approximate surface area is 188 Å².